The third-order valence-corrected chi connectivity index (χ3v) is 5.78. The molecule has 1 aliphatic rings. The van der Waals surface area contributed by atoms with Crippen LogP contribution in [0.5, 0.6) is 5.75 Å². The van der Waals surface area contributed by atoms with Crippen LogP contribution in [0.25, 0.3) is 0 Å². The van der Waals surface area contributed by atoms with Crippen molar-refractivity contribution >= 4 is 41.3 Å². The van der Waals surface area contributed by atoms with E-state index in [0.29, 0.717) is 55.8 Å². The predicted molar refractivity (Wildman–Crippen MR) is 146 cm³/mol. The summed E-state index contributed by atoms with van der Waals surface area (Å²) in [6.45, 7) is 3.16. The second-order valence-corrected chi connectivity index (χ2v) is 8.66. The molecule has 0 saturated carbocycles. The molecule has 0 aliphatic carbocycles. The Balaban J connectivity index is 1.24. The van der Waals surface area contributed by atoms with Gasteiger partial charge in [0.25, 0.3) is 0 Å². The molecule has 0 unspecified atom stereocenters. The van der Waals surface area contributed by atoms with E-state index in [0.717, 1.165) is 22.6 Å². The maximum Gasteiger partial charge on any atom is 0.250 e. The van der Waals surface area contributed by atoms with Crippen molar-refractivity contribution in [3.63, 3.8) is 0 Å². The number of hydrazone groups is 1. The lowest BCUT2D eigenvalue weighted by atomic mass is 10.2. The fraction of sp³-hybridized carbons (Fsp3) is 0.185. The zero-order chi connectivity index (χ0) is 25.3. The fourth-order valence-corrected chi connectivity index (χ4v) is 3.71. The SMILES string of the molecule is Clc1ccc(COc2ccc(/C=N\Nc3nc(Nc4ccccc4)nc(N4CCOCC4)n3)cc2)cc1. The Labute approximate surface area is 220 Å². The Morgan fingerprint density at radius 1 is 0.892 bits per heavy atom. The smallest absolute Gasteiger partial charge is 0.250 e. The summed E-state index contributed by atoms with van der Waals surface area (Å²) in [6, 6.07) is 25.0. The minimum absolute atomic E-state index is 0.342. The average molecular weight is 516 g/mol. The Hall–Kier alpha value is -4.21. The number of ether oxygens (including phenoxy) is 2. The van der Waals surface area contributed by atoms with Gasteiger partial charge in [-0.05, 0) is 59.7 Å². The van der Waals surface area contributed by atoms with Gasteiger partial charge in [0.1, 0.15) is 12.4 Å². The number of benzene rings is 3. The van der Waals surface area contributed by atoms with E-state index in [1.165, 1.54) is 0 Å². The third kappa shape index (κ3) is 7.16. The molecule has 9 nitrogen and oxygen atoms in total. The Bertz CT molecular complexity index is 1310. The molecule has 1 aromatic heterocycles. The van der Waals surface area contributed by atoms with E-state index in [1.807, 2.05) is 78.9 Å². The molecule has 1 aliphatic heterocycles. The number of hydrogen-bond donors (Lipinski definition) is 2. The zero-order valence-corrected chi connectivity index (χ0v) is 20.8. The van der Waals surface area contributed by atoms with Crippen molar-refractivity contribution in [3.8, 4) is 5.75 Å². The molecular weight excluding hydrogens is 490 g/mol. The lowest BCUT2D eigenvalue weighted by Gasteiger charge is -2.27. The van der Waals surface area contributed by atoms with E-state index in [9.17, 15) is 0 Å². The lowest BCUT2D eigenvalue weighted by Crippen LogP contribution is -2.37. The van der Waals surface area contributed by atoms with Crippen LogP contribution in [0.2, 0.25) is 5.02 Å². The molecule has 5 rings (SSSR count). The summed E-state index contributed by atoms with van der Waals surface area (Å²) < 4.78 is 11.3. The fourth-order valence-electron chi connectivity index (χ4n) is 3.59. The van der Waals surface area contributed by atoms with Gasteiger partial charge in [-0.2, -0.15) is 20.1 Å². The van der Waals surface area contributed by atoms with E-state index in [2.05, 4.69) is 35.7 Å². The normalized spacial score (nSPS) is 13.5. The molecule has 1 saturated heterocycles. The molecule has 0 radical (unpaired) electrons. The number of anilines is 4. The van der Waals surface area contributed by atoms with Crippen LogP contribution < -0.4 is 20.4 Å². The highest BCUT2D eigenvalue weighted by Gasteiger charge is 2.16. The zero-order valence-electron chi connectivity index (χ0n) is 20.0. The van der Waals surface area contributed by atoms with Gasteiger partial charge in [0.15, 0.2) is 0 Å². The van der Waals surface area contributed by atoms with E-state index < -0.39 is 0 Å². The number of hydrogen-bond acceptors (Lipinski definition) is 9. The van der Waals surface area contributed by atoms with Gasteiger partial charge in [-0.25, -0.2) is 5.43 Å². The predicted octanol–water partition coefficient (Wildman–Crippen LogP) is 5.13. The Morgan fingerprint density at radius 3 is 2.38 bits per heavy atom. The molecule has 4 aromatic rings. The van der Waals surface area contributed by atoms with Crippen molar-refractivity contribution in [3.05, 3.63) is 95.0 Å². The average Bonchev–Trinajstić information content (AvgIpc) is 2.94. The first-order valence-electron chi connectivity index (χ1n) is 11.9. The van der Waals surface area contributed by atoms with E-state index in [1.54, 1.807) is 6.21 Å². The number of rotatable bonds is 9. The number of morpholine rings is 1. The second kappa shape index (κ2) is 12.2. The van der Waals surface area contributed by atoms with Crippen molar-refractivity contribution in [1.29, 1.82) is 0 Å². The minimum atomic E-state index is 0.342. The summed E-state index contributed by atoms with van der Waals surface area (Å²) in [4.78, 5) is 15.7. The van der Waals surface area contributed by atoms with Gasteiger partial charge >= 0.3 is 0 Å². The third-order valence-electron chi connectivity index (χ3n) is 5.52. The van der Waals surface area contributed by atoms with Gasteiger partial charge in [-0.1, -0.05) is 41.9 Å². The highest BCUT2D eigenvalue weighted by atomic mass is 35.5. The largest absolute Gasteiger partial charge is 0.489 e. The van der Waals surface area contributed by atoms with E-state index in [4.69, 9.17) is 21.1 Å². The molecule has 0 spiro atoms. The topological polar surface area (TPSA) is 96.8 Å². The van der Waals surface area contributed by atoms with Gasteiger partial charge in [0.2, 0.25) is 17.8 Å². The van der Waals surface area contributed by atoms with Crippen molar-refractivity contribution in [2.45, 2.75) is 6.61 Å². The maximum atomic E-state index is 5.93. The first-order chi connectivity index (χ1) is 18.2. The number of aromatic nitrogens is 3. The van der Waals surface area contributed by atoms with Crippen LogP contribution in [0.4, 0.5) is 23.5 Å². The van der Waals surface area contributed by atoms with Gasteiger partial charge in [-0.3, -0.25) is 0 Å². The molecule has 0 amide bonds. The molecular formula is C27H26ClN7O2. The standard InChI is InChI=1S/C27H26ClN7O2/c28-22-10-6-21(7-11-22)19-37-24-12-8-20(9-13-24)18-29-34-26-31-25(30-23-4-2-1-3-5-23)32-27(33-26)35-14-16-36-17-15-35/h1-13,18H,14-17,19H2,(H2,30,31,32,33,34)/b29-18-. The van der Waals surface area contributed by atoms with Crippen LogP contribution in [-0.2, 0) is 11.3 Å². The molecule has 0 atom stereocenters. The Kier molecular flexibility index (Phi) is 8.04. The van der Waals surface area contributed by atoms with Crippen molar-refractivity contribution in [2.24, 2.45) is 5.10 Å². The molecule has 188 valence electrons. The lowest BCUT2D eigenvalue weighted by molar-refractivity contribution is 0.122. The van der Waals surface area contributed by atoms with Crippen LogP contribution in [-0.4, -0.2) is 47.5 Å². The summed E-state index contributed by atoms with van der Waals surface area (Å²) in [5.41, 5.74) is 5.77. The van der Waals surface area contributed by atoms with E-state index >= 15 is 0 Å². The summed E-state index contributed by atoms with van der Waals surface area (Å²) in [7, 11) is 0. The molecule has 10 heteroatoms. The van der Waals surface area contributed by atoms with Crippen molar-refractivity contribution in [2.75, 3.05) is 41.9 Å². The first-order valence-corrected chi connectivity index (χ1v) is 12.3. The highest BCUT2D eigenvalue weighted by molar-refractivity contribution is 6.30. The quantitative estimate of drug-likeness (QED) is 0.234. The number of halogens is 1. The van der Waals surface area contributed by atoms with Crippen LogP contribution >= 0.6 is 11.6 Å². The molecule has 3 aromatic carbocycles. The van der Waals surface area contributed by atoms with Gasteiger partial charge in [0, 0.05) is 23.8 Å². The van der Waals surface area contributed by atoms with Crippen LogP contribution in [0.3, 0.4) is 0 Å². The van der Waals surface area contributed by atoms with Crippen LogP contribution in [0.1, 0.15) is 11.1 Å². The molecule has 2 N–H and O–H groups in total. The molecule has 37 heavy (non-hydrogen) atoms. The van der Waals surface area contributed by atoms with Crippen LogP contribution in [0.15, 0.2) is 84.0 Å². The van der Waals surface area contributed by atoms with Crippen molar-refractivity contribution in [1.82, 2.24) is 15.0 Å². The summed E-state index contributed by atoms with van der Waals surface area (Å²) in [5.74, 6) is 2.11. The van der Waals surface area contributed by atoms with E-state index in [-0.39, 0.29) is 0 Å². The van der Waals surface area contributed by atoms with Gasteiger partial charge < -0.3 is 19.7 Å². The van der Waals surface area contributed by atoms with Gasteiger partial charge in [0.05, 0.1) is 19.4 Å². The van der Waals surface area contributed by atoms with Gasteiger partial charge in [-0.15, -0.1) is 0 Å². The number of nitrogens with one attached hydrogen (secondary N) is 2. The summed E-state index contributed by atoms with van der Waals surface area (Å²) in [6.07, 6.45) is 1.70. The number of para-hydroxylation sites is 1. The first kappa shape index (κ1) is 24.5. The monoisotopic (exact) mass is 515 g/mol. The summed E-state index contributed by atoms with van der Waals surface area (Å²) in [5, 5.41) is 8.27. The Morgan fingerprint density at radius 2 is 1.62 bits per heavy atom. The number of nitrogens with zero attached hydrogens (tertiary/aromatic N) is 5. The maximum absolute atomic E-state index is 5.93. The van der Waals surface area contributed by atoms with Crippen molar-refractivity contribution < 1.29 is 9.47 Å². The minimum Gasteiger partial charge on any atom is -0.489 e. The molecule has 2 heterocycles. The molecule has 0 bridgehead atoms. The second-order valence-electron chi connectivity index (χ2n) is 8.23. The van der Waals surface area contributed by atoms with Crippen LogP contribution in [0, 0.1) is 0 Å². The highest BCUT2D eigenvalue weighted by Crippen LogP contribution is 2.19. The molecule has 1 fully saturated rings. The summed E-state index contributed by atoms with van der Waals surface area (Å²) >= 11 is 5.93.